The zero-order valence-corrected chi connectivity index (χ0v) is 19.7. The van der Waals surface area contributed by atoms with E-state index < -0.39 is 10.0 Å². The molecule has 2 unspecified atom stereocenters. The Bertz CT molecular complexity index is 1240. The Kier molecular flexibility index (Phi) is 5.99. The third-order valence-electron chi connectivity index (χ3n) is 6.94. The molecule has 0 spiro atoms. The number of ether oxygens (including phenoxy) is 2. The van der Waals surface area contributed by atoms with Crippen molar-refractivity contribution in [2.45, 2.75) is 55.2 Å². The topological polar surface area (TPSA) is 80.8 Å². The molecule has 174 valence electrons. The second kappa shape index (κ2) is 8.93. The Morgan fingerprint density at radius 3 is 2.52 bits per heavy atom. The van der Waals surface area contributed by atoms with E-state index in [0.717, 1.165) is 54.7 Å². The average Bonchev–Trinajstić information content (AvgIpc) is 3.06. The molecule has 7 nitrogen and oxygen atoms in total. The van der Waals surface area contributed by atoms with Gasteiger partial charge in [-0.3, -0.25) is 9.88 Å². The minimum atomic E-state index is -3.67. The predicted octanol–water partition coefficient (Wildman–Crippen LogP) is 3.73. The zero-order chi connectivity index (χ0) is 23.0. The van der Waals surface area contributed by atoms with Crippen LogP contribution in [0.3, 0.4) is 0 Å². The van der Waals surface area contributed by atoms with Gasteiger partial charge in [-0.2, -0.15) is 0 Å². The maximum absolute atomic E-state index is 13.3. The third kappa shape index (κ3) is 4.30. The molecule has 2 aromatic carbocycles. The van der Waals surface area contributed by atoms with Crippen molar-refractivity contribution in [3.05, 3.63) is 60.3 Å². The van der Waals surface area contributed by atoms with E-state index >= 15 is 0 Å². The second-order valence-electron chi connectivity index (χ2n) is 8.86. The van der Waals surface area contributed by atoms with E-state index in [2.05, 4.69) is 20.7 Å². The predicted molar refractivity (Wildman–Crippen MR) is 127 cm³/mol. The van der Waals surface area contributed by atoms with Crippen molar-refractivity contribution in [2.75, 3.05) is 14.2 Å². The maximum atomic E-state index is 13.3. The SMILES string of the molecule is COc1ccc(CN2C3CCC2CC(NS(=O)(=O)c2cccc4cccnc24)C3)c(OC)c1. The lowest BCUT2D eigenvalue weighted by atomic mass is 9.97. The van der Waals surface area contributed by atoms with Gasteiger partial charge in [-0.15, -0.1) is 0 Å². The fourth-order valence-corrected chi connectivity index (χ4v) is 6.82. The third-order valence-corrected chi connectivity index (χ3v) is 8.49. The monoisotopic (exact) mass is 467 g/mol. The van der Waals surface area contributed by atoms with Gasteiger partial charge in [0.2, 0.25) is 10.0 Å². The number of rotatable bonds is 7. The molecule has 2 aliphatic rings. The molecule has 2 atom stereocenters. The summed E-state index contributed by atoms with van der Waals surface area (Å²) >= 11 is 0. The van der Waals surface area contributed by atoms with Crippen LogP contribution in [0.5, 0.6) is 11.5 Å². The summed E-state index contributed by atoms with van der Waals surface area (Å²) < 4.78 is 40.4. The van der Waals surface area contributed by atoms with Crippen molar-refractivity contribution in [3.63, 3.8) is 0 Å². The van der Waals surface area contributed by atoms with Gasteiger partial charge in [0.05, 0.1) is 19.7 Å². The Hall–Kier alpha value is -2.68. The van der Waals surface area contributed by atoms with Gasteiger partial charge in [-0.05, 0) is 43.9 Å². The highest BCUT2D eigenvalue weighted by Gasteiger charge is 2.42. The lowest BCUT2D eigenvalue weighted by Gasteiger charge is -2.39. The average molecular weight is 468 g/mol. The summed E-state index contributed by atoms with van der Waals surface area (Å²) in [6.45, 7) is 0.787. The van der Waals surface area contributed by atoms with Crippen LogP contribution in [0.2, 0.25) is 0 Å². The number of hydrogen-bond acceptors (Lipinski definition) is 6. The molecule has 3 aromatic rings. The molecule has 2 aliphatic heterocycles. The van der Waals surface area contributed by atoms with Gasteiger partial charge >= 0.3 is 0 Å². The van der Waals surface area contributed by atoms with Crippen LogP contribution in [-0.4, -0.2) is 50.6 Å². The molecule has 8 heteroatoms. The quantitative estimate of drug-likeness (QED) is 0.570. The molecular weight excluding hydrogens is 438 g/mol. The van der Waals surface area contributed by atoms with E-state index in [9.17, 15) is 8.42 Å². The van der Waals surface area contributed by atoms with Gasteiger partial charge in [0, 0.05) is 47.9 Å². The van der Waals surface area contributed by atoms with Crippen LogP contribution in [-0.2, 0) is 16.6 Å². The van der Waals surface area contributed by atoms with E-state index in [0.29, 0.717) is 17.6 Å². The first-order valence-electron chi connectivity index (χ1n) is 11.3. The van der Waals surface area contributed by atoms with E-state index in [1.165, 1.54) is 0 Å². The van der Waals surface area contributed by atoms with E-state index in [1.54, 1.807) is 32.5 Å². The summed E-state index contributed by atoms with van der Waals surface area (Å²) in [5.74, 6) is 1.59. The second-order valence-corrected chi connectivity index (χ2v) is 10.5. The number of piperidine rings is 1. The van der Waals surface area contributed by atoms with Crippen molar-refractivity contribution in [1.29, 1.82) is 0 Å². The van der Waals surface area contributed by atoms with Crippen LogP contribution in [0.1, 0.15) is 31.2 Å². The van der Waals surface area contributed by atoms with Crippen LogP contribution < -0.4 is 14.2 Å². The van der Waals surface area contributed by atoms with Gasteiger partial charge < -0.3 is 9.47 Å². The fraction of sp³-hybridized carbons (Fsp3) is 0.400. The highest BCUT2D eigenvalue weighted by molar-refractivity contribution is 7.89. The summed E-state index contributed by atoms with van der Waals surface area (Å²) in [6.07, 6.45) is 5.39. The smallest absolute Gasteiger partial charge is 0.242 e. The summed E-state index contributed by atoms with van der Waals surface area (Å²) in [5, 5.41) is 0.823. The van der Waals surface area contributed by atoms with Gasteiger partial charge in [0.25, 0.3) is 0 Å². The molecule has 0 radical (unpaired) electrons. The number of hydrogen-bond donors (Lipinski definition) is 1. The van der Waals surface area contributed by atoms with Crippen LogP contribution in [0, 0.1) is 0 Å². The summed E-state index contributed by atoms with van der Waals surface area (Å²) in [5.41, 5.74) is 1.63. The normalized spacial score (nSPS) is 23.0. The first-order chi connectivity index (χ1) is 16.0. The van der Waals surface area contributed by atoms with E-state index in [-0.39, 0.29) is 10.9 Å². The number of benzene rings is 2. The molecule has 3 heterocycles. The van der Waals surface area contributed by atoms with Crippen LogP contribution >= 0.6 is 0 Å². The number of para-hydroxylation sites is 1. The van der Waals surface area contributed by atoms with Gasteiger partial charge in [-0.1, -0.05) is 24.3 Å². The molecule has 1 N–H and O–H groups in total. The Morgan fingerprint density at radius 1 is 1.03 bits per heavy atom. The zero-order valence-electron chi connectivity index (χ0n) is 18.9. The van der Waals surface area contributed by atoms with Gasteiger partial charge in [0.15, 0.2) is 0 Å². The molecular formula is C25H29N3O4S. The first-order valence-corrected chi connectivity index (χ1v) is 12.8. The minimum Gasteiger partial charge on any atom is -0.497 e. The van der Waals surface area contributed by atoms with Gasteiger partial charge in [-0.25, -0.2) is 13.1 Å². The standard InChI is InChI=1S/C25H29N3O4S/c1-31-22-11-8-18(23(15-22)32-2)16-28-20-9-10-21(28)14-19(13-20)27-33(29,30)24-7-3-5-17-6-4-12-26-25(17)24/h3-8,11-12,15,19-21,27H,9-10,13-14,16H2,1-2H3. The largest absolute Gasteiger partial charge is 0.497 e. The van der Waals surface area contributed by atoms with Crippen molar-refractivity contribution in [1.82, 2.24) is 14.6 Å². The number of nitrogens with one attached hydrogen (secondary N) is 1. The molecule has 0 amide bonds. The maximum Gasteiger partial charge on any atom is 0.242 e. The molecule has 2 bridgehead atoms. The minimum absolute atomic E-state index is 0.0829. The highest BCUT2D eigenvalue weighted by Crippen LogP contribution is 2.39. The van der Waals surface area contributed by atoms with Crippen molar-refractivity contribution in [2.24, 2.45) is 0 Å². The molecule has 33 heavy (non-hydrogen) atoms. The Labute approximate surface area is 194 Å². The van der Waals surface area contributed by atoms with E-state index in [1.807, 2.05) is 30.3 Å². The molecule has 0 aliphatic carbocycles. The van der Waals surface area contributed by atoms with Crippen molar-refractivity contribution < 1.29 is 17.9 Å². The van der Waals surface area contributed by atoms with Crippen molar-refractivity contribution >= 4 is 20.9 Å². The number of pyridine rings is 1. The first kappa shape index (κ1) is 22.1. The fourth-order valence-electron chi connectivity index (χ4n) is 5.38. The molecule has 2 saturated heterocycles. The number of fused-ring (bicyclic) bond motifs is 3. The van der Waals surface area contributed by atoms with Gasteiger partial charge in [0.1, 0.15) is 16.4 Å². The lowest BCUT2D eigenvalue weighted by Crippen LogP contribution is -2.49. The molecule has 0 saturated carbocycles. The lowest BCUT2D eigenvalue weighted by molar-refractivity contribution is 0.114. The molecule has 2 fully saturated rings. The number of sulfonamides is 1. The van der Waals surface area contributed by atoms with Crippen LogP contribution in [0.4, 0.5) is 0 Å². The molecule has 5 rings (SSSR count). The number of aromatic nitrogens is 1. The van der Waals surface area contributed by atoms with E-state index in [4.69, 9.17) is 9.47 Å². The Balaban J connectivity index is 1.32. The molecule has 1 aromatic heterocycles. The van der Waals surface area contributed by atoms with Crippen molar-refractivity contribution in [3.8, 4) is 11.5 Å². The highest BCUT2D eigenvalue weighted by atomic mass is 32.2. The van der Waals surface area contributed by atoms with Crippen LogP contribution in [0.25, 0.3) is 10.9 Å². The Morgan fingerprint density at radius 2 is 1.79 bits per heavy atom. The summed E-state index contributed by atoms with van der Waals surface area (Å²) in [7, 11) is -0.341. The van der Waals surface area contributed by atoms with Crippen LogP contribution in [0.15, 0.2) is 59.6 Å². The number of methoxy groups -OCH3 is 2. The summed E-state index contributed by atoms with van der Waals surface area (Å²) in [6, 6.07) is 15.5. The summed E-state index contributed by atoms with van der Waals surface area (Å²) in [4.78, 5) is 7.08. The number of nitrogens with zero attached hydrogens (tertiary/aromatic N) is 2.